The number of hydrogen-bond acceptors (Lipinski definition) is 3. The fourth-order valence-electron chi connectivity index (χ4n) is 1.68. The van der Waals surface area contributed by atoms with E-state index >= 15 is 0 Å². The van der Waals surface area contributed by atoms with Crippen LogP contribution in [0.4, 0.5) is 13.2 Å². The number of carbonyl (C=O) groups excluding carboxylic acids is 1. The summed E-state index contributed by atoms with van der Waals surface area (Å²) in [5, 5.41) is 0. The monoisotopic (exact) mass is 298 g/mol. The normalized spacial score (nSPS) is 11.4. The average molecular weight is 298 g/mol. The SMILES string of the molecule is CC(=O)c1ccc(-c2cccc(C(F)(F)F)c2)sc1=O. The molecule has 1 aromatic heterocycles. The minimum Gasteiger partial charge on any atom is -0.294 e. The van der Waals surface area contributed by atoms with Crippen LogP contribution >= 0.6 is 11.3 Å². The van der Waals surface area contributed by atoms with Crippen molar-refractivity contribution in [2.24, 2.45) is 0 Å². The summed E-state index contributed by atoms with van der Waals surface area (Å²) in [6.07, 6.45) is -4.43. The van der Waals surface area contributed by atoms with Crippen LogP contribution in [0.2, 0.25) is 0 Å². The minimum atomic E-state index is -4.43. The van der Waals surface area contributed by atoms with Gasteiger partial charge in [-0.05, 0) is 36.8 Å². The van der Waals surface area contributed by atoms with Gasteiger partial charge in [-0.2, -0.15) is 13.2 Å². The van der Waals surface area contributed by atoms with Crippen molar-refractivity contribution in [2.75, 3.05) is 0 Å². The first-order valence-corrected chi connectivity index (χ1v) is 6.43. The predicted octanol–water partition coefficient (Wildman–Crippen LogP) is 4.00. The lowest BCUT2D eigenvalue weighted by Crippen LogP contribution is -2.08. The first-order valence-electron chi connectivity index (χ1n) is 5.62. The van der Waals surface area contributed by atoms with Crippen molar-refractivity contribution >= 4 is 17.1 Å². The average Bonchev–Trinajstić information content (AvgIpc) is 2.37. The molecule has 0 amide bonds. The van der Waals surface area contributed by atoms with E-state index in [0.29, 0.717) is 10.4 Å². The van der Waals surface area contributed by atoms with E-state index in [2.05, 4.69) is 0 Å². The van der Waals surface area contributed by atoms with Crippen LogP contribution in [-0.4, -0.2) is 5.78 Å². The second-order valence-corrected chi connectivity index (χ2v) is 5.15. The highest BCUT2D eigenvalue weighted by molar-refractivity contribution is 7.13. The predicted molar refractivity (Wildman–Crippen MR) is 71.0 cm³/mol. The third-order valence-electron chi connectivity index (χ3n) is 2.68. The van der Waals surface area contributed by atoms with Crippen molar-refractivity contribution in [3.05, 3.63) is 57.1 Å². The molecular weight excluding hydrogens is 289 g/mol. The van der Waals surface area contributed by atoms with Gasteiger partial charge in [-0.1, -0.05) is 23.5 Å². The van der Waals surface area contributed by atoms with Crippen LogP contribution in [0.1, 0.15) is 22.8 Å². The van der Waals surface area contributed by atoms with E-state index in [9.17, 15) is 22.8 Å². The number of carbonyl (C=O) groups is 1. The van der Waals surface area contributed by atoms with Crippen molar-refractivity contribution in [3.8, 4) is 10.4 Å². The molecule has 0 saturated heterocycles. The third-order valence-corrected chi connectivity index (χ3v) is 3.67. The van der Waals surface area contributed by atoms with Gasteiger partial charge >= 0.3 is 6.18 Å². The molecule has 0 N–H and O–H groups in total. The summed E-state index contributed by atoms with van der Waals surface area (Å²) in [5.41, 5.74) is -0.423. The highest BCUT2D eigenvalue weighted by atomic mass is 32.1. The maximum absolute atomic E-state index is 12.6. The molecule has 2 nitrogen and oxygen atoms in total. The molecule has 0 unspecified atom stereocenters. The Morgan fingerprint density at radius 1 is 1.15 bits per heavy atom. The summed E-state index contributed by atoms with van der Waals surface area (Å²) < 4.78 is 37.4. The molecule has 0 aliphatic carbocycles. The van der Waals surface area contributed by atoms with E-state index in [-0.39, 0.29) is 11.3 Å². The van der Waals surface area contributed by atoms with Crippen LogP contribution in [0.3, 0.4) is 0 Å². The van der Waals surface area contributed by atoms with Crippen molar-refractivity contribution in [1.29, 1.82) is 0 Å². The lowest BCUT2D eigenvalue weighted by molar-refractivity contribution is -0.137. The van der Waals surface area contributed by atoms with Crippen LogP contribution in [0.25, 0.3) is 10.4 Å². The zero-order chi connectivity index (χ0) is 14.9. The lowest BCUT2D eigenvalue weighted by atomic mass is 10.1. The first-order chi connectivity index (χ1) is 9.29. The van der Waals surface area contributed by atoms with Crippen molar-refractivity contribution < 1.29 is 18.0 Å². The Balaban J connectivity index is 2.50. The van der Waals surface area contributed by atoms with Gasteiger partial charge in [0.2, 0.25) is 4.74 Å². The molecule has 20 heavy (non-hydrogen) atoms. The number of Topliss-reactive ketones (excluding diaryl/α,β-unsaturated/α-hetero) is 1. The van der Waals surface area contributed by atoms with E-state index in [1.807, 2.05) is 0 Å². The van der Waals surface area contributed by atoms with Crippen molar-refractivity contribution in [2.45, 2.75) is 13.1 Å². The second-order valence-electron chi connectivity index (χ2n) is 4.14. The summed E-state index contributed by atoms with van der Waals surface area (Å²) in [7, 11) is 0. The Labute approximate surface area is 116 Å². The van der Waals surface area contributed by atoms with E-state index < -0.39 is 16.5 Å². The maximum Gasteiger partial charge on any atom is 0.416 e. The second kappa shape index (κ2) is 5.20. The zero-order valence-electron chi connectivity index (χ0n) is 10.3. The van der Waals surface area contributed by atoms with Crippen molar-refractivity contribution in [1.82, 2.24) is 0 Å². The first kappa shape index (κ1) is 14.5. The molecule has 0 aliphatic rings. The van der Waals surface area contributed by atoms with Gasteiger partial charge in [0, 0.05) is 4.88 Å². The molecule has 1 heterocycles. The van der Waals surface area contributed by atoms with E-state index in [4.69, 9.17) is 0 Å². The maximum atomic E-state index is 12.6. The van der Waals surface area contributed by atoms with Crippen LogP contribution in [0.15, 0.2) is 41.2 Å². The molecule has 2 aromatic rings. The van der Waals surface area contributed by atoms with Gasteiger partial charge in [0.1, 0.15) is 0 Å². The van der Waals surface area contributed by atoms with E-state index in [1.54, 1.807) is 0 Å². The molecule has 0 atom stereocenters. The molecule has 1 aromatic carbocycles. The van der Waals surface area contributed by atoms with Gasteiger partial charge < -0.3 is 0 Å². The third kappa shape index (κ3) is 2.96. The molecule has 0 aliphatic heterocycles. The zero-order valence-corrected chi connectivity index (χ0v) is 11.1. The highest BCUT2D eigenvalue weighted by Gasteiger charge is 2.30. The molecule has 0 radical (unpaired) electrons. The molecule has 0 bridgehead atoms. The summed E-state index contributed by atoms with van der Waals surface area (Å²) in [5.74, 6) is -0.359. The Kier molecular flexibility index (Phi) is 3.76. The standard InChI is InChI=1S/C14H9F3O2S/c1-8(18)11-5-6-12(20-13(11)19)9-3-2-4-10(7-9)14(15,16)17/h2-7H,1H3. The number of rotatable bonds is 2. The highest BCUT2D eigenvalue weighted by Crippen LogP contribution is 2.32. The summed E-state index contributed by atoms with van der Waals surface area (Å²) in [6, 6.07) is 7.56. The van der Waals surface area contributed by atoms with Gasteiger partial charge in [-0.3, -0.25) is 9.59 Å². The van der Waals surface area contributed by atoms with Gasteiger partial charge in [-0.25, -0.2) is 0 Å². The largest absolute Gasteiger partial charge is 0.416 e. The lowest BCUT2D eigenvalue weighted by Gasteiger charge is -2.08. The topological polar surface area (TPSA) is 34.1 Å². The molecule has 2 rings (SSSR count). The number of hydrogen-bond donors (Lipinski definition) is 0. The Morgan fingerprint density at radius 3 is 2.40 bits per heavy atom. The molecule has 0 spiro atoms. The molecule has 0 saturated carbocycles. The molecule has 6 heteroatoms. The quantitative estimate of drug-likeness (QED) is 0.785. The Hall–Kier alpha value is -1.95. The Morgan fingerprint density at radius 2 is 1.85 bits per heavy atom. The van der Waals surface area contributed by atoms with Crippen LogP contribution in [0, 0.1) is 0 Å². The van der Waals surface area contributed by atoms with Gasteiger partial charge in [0.25, 0.3) is 0 Å². The molecule has 104 valence electrons. The molecule has 0 fully saturated rings. The number of alkyl halides is 3. The van der Waals surface area contributed by atoms with Crippen molar-refractivity contribution in [3.63, 3.8) is 0 Å². The number of benzene rings is 1. The van der Waals surface area contributed by atoms with Crippen LogP contribution in [0.5, 0.6) is 0 Å². The summed E-state index contributed by atoms with van der Waals surface area (Å²) >= 11 is 0.761. The number of ketones is 1. The smallest absolute Gasteiger partial charge is 0.294 e. The van der Waals surface area contributed by atoms with Gasteiger partial charge in [0.05, 0.1) is 11.1 Å². The summed E-state index contributed by atoms with van der Waals surface area (Å²) in [4.78, 5) is 23.3. The fourth-order valence-corrected chi connectivity index (χ4v) is 2.58. The number of halogens is 3. The van der Waals surface area contributed by atoms with Gasteiger partial charge in [-0.15, -0.1) is 0 Å². The van der Waals surface area contributed by atoms with Gasteiger partial charge in [0.15, 0.2) is 5.78 Å². The van der Waals surface area contributed by atoms with Crippen LogP contribution in [-0.2, 0) is 6.18 Å². The fraction of sp³-hybridized carbons (Fsp3) is 0.143. The minimum absolute atomic E-state index is 0.0470. The molecular formula is C14H9F3O2S. The summed E-state index contributed by atoms with van der Waals surface area (Å²) in [6.45, 7) is 1.27. The van der Waals surface area contributed by atoms with E-state index in [1.165, 1.54) is 31.2 Å². The Bertz CT molecular complexity index is 717. The van der Waals surface area contributed by atoms with E-state index in [0.717, 1.165) is 23.5 Å². The van der Waals surface area contributed by atoms with Crippen LogP contribution < -0.4 is 4.74 Å².